The van der Waals surface area contributed by atoms with Gasteiger partial charge in [0.15, 0.2) is 0 Å². The molecule has 0 atom stereocenters. The molecule has 3 aromatic heterocycles. The summed E-state index contributed by atoms with van der Waals surface area (Å²) in [5, 5.41) is 6.68. The van der Waals surface area contributed by atoms with Crippen molar-refractivity contribution in [2.75, 3.05) is 32.5 Å². The first-order chi connectivity index (χ1) is 15.6. The Balaban J connectivity index is 1.43. The van der Waals surface area contributed by atoms with Crippen molar-refractivity contribution in [2.24, 2.45) is 0 Å². The van der Waals surface area contributed by atoms with Gasteiger partial charge in [0, 0.05) is 25.9 Å². The number of carbonyl (C=O) groups excluding carboxylic acids is 1. The van der Waals surface area contributed by atoms with E-state index < -0.39 is 0 Å². The van der Waals surface area contributed by atoms with E-state index in [0.717, 1.165) is 65.2 Å². The summed E-state index contributed by atoms with van der Waals surface area (Å²) in [6, 6.07) is 4.17. The van der Waals surface area contributed by atoms with Crippen LogP contribution in [0.25, 0.3) is 10.2 Å². The summed E-state index contributed by atoms with van der Waals surface area (Å²) in [4.78, 5) is 29.3. The minimum Gasteiger partial charge on any atom is -0.344 e. The largest absolute Gasteiger partial charge is 0.344 e. The number of nitrogens with zero attached hydrogens (tertiary/aromatic N) is 4. The molecule has 0 spiro atoms. The molecule has 1 aliphatic carbocycles. The number of hydrogen-bond acceptors (Lipinski definition) is 7. The number of amides is 1. The molecule has 1 amide bonds. The van der Waals surface area contributed by atoms with Crippen LogP contribution >= 0.6 is 11.3 Å². The van der Waals surface area contributed by atoms with Crippen LogP contribution in [0.15, 0.2) is 24.5 Å². The van der Waals surface area contributed by atoms with E-state index in [2.05, 4.69) is 26.7 Å². The van der Waals surface area contributed by atoms with Gasteiger partial charge in [-0.1, -0.05) is 18.9 Å². The maximum Gasteiger partial charge on any atom is 0.263 e. The van der Waals surface area contributed by atoms with Crippen molar-refractivity contribution in [3.63, 3.8) is 0 Å². The number of thiophene rings is 1. The summed E-state index contributed by atoms with van der Waals surface area (Å²) in [6.07, 6.45) is 10.8. The van der Waals surface area contributed by atoms with Crippen LogP contribution in [0, 0.1) is 0 Å². The van der Waals surface area contributed by atoms with E-state index in [1.54, 1.807) is 4.90 Å². The fourth-order valence-electron chi connectivity index (χ4n) is 4.92. The molecule has 32 heavy (non-hydrogen) atoms. The Labute approximate surface area is 192 Å². The van der Waals surface area contributed by atoms with Crippen LogP contribution in [0.1, 0.15) is 71.2 Å². The van der Waals surface area contributed by atoms with E-state index in [1.807, 2.05) is 32.6 Å². The van der Waals surface area contributed by atoms with Crippen LogP contribution in [-0.4, -0.2) is 52.9 Å². The first kappa shape index (κ1) is 21.3. The van der Waals surface area contributed by atoms with Gasteiger partial charge in [-0.2, -0.15) is 0 Å². The fourth-order valence-corrected chi connectivity index (χ4v) is 6.14. The fraction of sp³-hybridized carbons (Fsp3) is 0.500. The molecular weight excluding hydrogens is 420 g/mol. The highest BCUT2D eigenvalue weighted by atomic mass is 32.1. The van der Waals surface area contributed by atoms with Gasteiger partial charge in [-0.25, -0.2) is 15.0 Å². The minimum absolute atomic E-state index is 0.0552. The molecule has 7 nitrogen and oxygen atoms in total. The van der Waals surface area contributed by atoms with Gasteiger partial charge in [-0.3, -0.25) is 4.79 Å². The lowest BCUT2D eigenvalue weighted by Gasteiger charge is -2.22. The lowest BCUT2D eigenvalue weighted by atomic mass is 9.91. The lowest BCUT2D eigenvalue weighted by molar-refractivity contribution is 0.0831. The smallest absolute Gasteiger partial charge is 0.263 e. The third-order valence-electron chi connectivity index (χ3n) is 6.67. The summed E-state index contributed by atoms with van der Waals surface area (Å²) in [6.45, 7) is 2.14. The van der Waals surface area contributed by atoms with Gasteiger partial charge in [-0.15, -0.1) is 11.3 Å². The second-order valence-corrected chi connectivity index (χ2v) is 10.1. The van der Waals surface area contributed by atoms with Crippen LogP contribution in [-0.2, 0) is 0 Å². The lowest BCUT2D eigenvalue weighted by Crippen LogP contribution is -2.26. The molecule has 2 fully saturated rings. The molecule has 1 saturated carbocycles. The summed E-state index contributed by atoms with van der Waals surface area (Å²) < 4.78 is 0.969. The summed E-state index contributed by atoms with van der Waals surface area (Å²) in [5.74, 6) is 2.30. The SMILES string of the molecule is CN(C)C(=O)c1sc2cnc(Nc3ccc(C4CCNCC4)cn3)nc2c1C1CCCC1. The van der Waals surface area contributed by atoms with Crippen molar-refractivity contribution in [1.82, 2.24) is 25.2 Å². The Morgan fingerprint density at radius 1 is 1.06 bits per heavy atom. The Morgan fingerprint density at radius 2 is 1.84 bits per heavy atom. The number of nitrogens with one attached hydrogen (secondary N) is 2. The zero-order chi connectivity index (χ0) is 22.1. The van der Waals surface area contributed by atoms with Gasteiger partial charge in [0.05, 0.1) is 21.3 Å². The molecule has 0 radical (unpaired) electrons. The van der Waals surface area contributed by atoms with Crippen molar-refractivity contribution in [1.29, 1.82) is 0 Å². The van der Waals surface area contributed by atoms with Gasteiger partial charge < -0.3 is 15.5 Å². The predicted octanol–water partition coefficient (Wildman–Crippen LogP) is 4.66. The van der Waals surface area contributed by atoms with Gasteiger partial charge in [0.2, 0.25) is 5.95 Å². The van der Waals surface area contributed by atoms with E-state index in [1.165, 1.54) is 29.7 Å². The van der Waals surface area contributed by atoms with Crippen LogP contribution < -0.4 is 10.6 Å². The molecule has 0 aromatic carbocycles. The molecule has 4 heterocycles. The van der Waals surface area contributed by atoms with Crippen molar-refractivity contribution in [3.05, 3.63) is 40.5 Å². The van der Waals surface area contributed by atoms with E-state index in [4.69, 9.17) is 4.98 Å². The third kappa shape index (κ3) is 4.21. The molecule has 3 aromatic rings. The molecule has 168 valence electrons. The molecule has 8 heteroatoms. The number of carbonyl (C=O) groups is 1. The highest BCUT2D eigenvalue weighted by Crippen LogP contribution is 2.43. The Bertz CT molecular complexity index is 1100. The third-order valence-corrected chi connectivity index (χ3v) is 7.78. The maximum absolute atomic E-state index is 12.9. The normalized spacial score (nSPS) is 17.7. The summed E-state index contributed by atoms with van der Waals surface area (Å²) in [5.41, 5.74) is 3.32. The highest BCUT2D eigenvalue weighted by molar-refractivity contribution is 7.21. The average molecular weight is 451 g/mol. The van der Waals surface area contributed by atoms with E-state index in [-0.39, 0.29) is 5.91 Å². The van der Waals surface area contributed by atoms with Crippen molar-refractivity contribution in [3.8, 4) is 0 Å². The van der Waals surface area contributed by atoms with E-state index >= 15 is 0 Å². The Morgan fingerprint density at radius 3 is 2.53 bits per heavy atom. The molecule has 5 rings (SSSR count). The Kier molecular flexibility index (Phi) is 6.06. The minimum atomic E-state index is 0.0552. The molecule has 1 aliphatic heterocycles. The quantitative estimate of drug-likeness (QED) is 0.588. The van der Waals surface area contributed by atoms with Gasteiger partial charge in [-0.05, 0) is 62.2 Å². The first-order valence-electron chi connectivity index (χ1n) is 11.5. The first-order valence-corrected chi connectivity index (χ1v) is 12.4. The number of rotatable bonds is 5. The summed E-state index contributed by atoms with van der Waals surface area (Å²) >= 11 is 1.52. The molecule has 0 bridgehead atoms. The topological polar surface area (TPSA) is 83.0 Å². The van der Waals surface area contributed by atoms with Crippen molar-refractivity contribution < 1.29 is 4.79 Å². The molecule has 0 unspecified atom stereocenters. The summed E-state index contributed by atoms with van der Waals surface area (Å²) in [7, 11) is 3.62. The van der Waals surface area contributed by atoms with Crippen LogP contribution in [0.4, 0.5) is 11.8 Å². The standard InChI is InChI=1S/C24H30N6OS/c1-30(2)23(31)22-20(16-5-3-4-6-16)21-18(32-22)14-27-24(29-21)28-19-8-7-17(13-26-19)15-9-11-25-12-10-15/h7-8,13-16,25H,3-6,9-12H2,1-2H3,(H,26,27,28,29). The second kappa shape index (κ2) is 9.11. The number of fused-ring (bicyclic) bond motifs is 1. The second-order valence-electron chi connectivity index (χ2n) is 9.06. The molecule has 1 saturated heterocycles. The van der Waals surface area contributed by atoms with E-state index in [0.29, 0.717) is 17.8 Å². The van der Waals surface area contributed by atoms with E-state index in [9.17, 15) is 4.79 Å². The number of piperidine rings is 1. The van der Waals surface area contributed by atoms with Crippen LogP contribution in [0.3, 0.4) is 0 Å². The monoisotopic (exact) mass is 450 g/mol. The van der Waals surface area contributed by atoms with Gasteiger partial charge >= 0.3 is 0 Å². The van der Waals surface area contributed by atoms with Crippen LogP contribution in [0.2, 0.25) is 0 Å². The zero-order valence-corrected chi connectivity index (χ0v) is 19.5. The molecule has 2 N–H and O–H groups in total. The highest BCUT2D eigenvalue weighted by Gasteiger charge is 2.29. The van der Waals surface area contributed by atoms with Gasteiger partial charge in [0.1, 0.15) is 5.82 Å². The number of pyridine rings is 1. The molecule has 2 aliphatic rings. The van der Waals surface area contributed by atoms with Crippen LogP contribution in [0.5, 0.6) is 0 Å². The number of aromatic nitrogens is 3. The van der Waals surface area contributed by atoms with Crippen molar-refractivity contribution >= 4 is 39.2 Å². The number of hydrogen-bond donors (Lipinski definition) is 2. The number of anilines is 2. The maximum atomic E-state index is 12.9. The van der Waals surface area contributed by atoms with Gasteiger partial charge in [0.25, 0.3) is 5.91 Å². The van der Waals surface area contributed by atoms with Crippen molar-refractivity contribution in [2.45, 2.75) is 50.4 Å². The average Bonchev–Trinajstić information content (AvgIpc) is 3.47. The zero-order valence-electron chi connectivity index (χ0n) is 18.7. The molecular formula is C24H30N6OS. The Hall–Kier alpha value is -2.58. The predicted molar refractivity (Wildman–Crippen MR) is 129 cm³/mol.